The molecule has 0 radical (unpaired) electrons. The summed E-state index contributed by atoms with van der Waals surface area (Å²) in [5.41, 5.74) is 3.44. The van der Waals surface area contributed by atoms with Gasteiger partial charge < -0.3 is 24.2 Å². The van der Waals surface area contributed by atoms with E-state index < -0.39 is 0 Å². The number of imidazole rings is 1. The number of halogens is 1. The second-order valence-electron chi connectivity index (χ2n) is 7.67. The van der Waals surface area contributed by atoms with Crippen molar-refractivity contribution in [3.05, 3.63) is 82.5 Å². The lowest BCUT2D eigenvalue weighted by atomic mass is 10.00. The molecule has 5 rings (SSSR count). The van der Waals surface area contributed by atoms with Gasteiger partial charge in [0, 0.05) is 49.1 Å². The molecule has 32 heavy (non-hydrogen) atoms. The molecule has 0 fully saturated rings. The van der Waals surface area contributed by atoms with Gasteiger partial charge in [0.25, 0.3) is 5.91 Å². The molecule has 162 valence electrons. The van der Waals surface area contributed by atoms with Crippen LogP contribution in [-0.4, -0.2) is 42.3 Å². The van der Waals surface area contributed by atoms with Gasteiger partial charge in [-0.1, -0.05) is 28.9 Å². The Hall–Kier alpha value is -3.78. The molecule has 0 saturated heterocycles. The summed E-state index contributed by atoms with van der Waals surface area (Å²) in [6.07, 6.45) is 5.91. The van der Waals surface area contributed by atoms with Crippen molar-refractivity contribution in [3.63, 3.8) is 0 Å². The average molecular weight is 451 g/mol. The maximum atomic E-state index is 13.1. The monoisotopic (exact) mass is 450 g/mol. The predicted octanol–water partition coefficient (Wildman–Crippen LogP) is 3.85. The van der Waals surface area contributed by atoms with Gasteiger partial charge in [-0.2, -0.15) is 0 Å². The van der Waals surface area contributed by atoms with Crippen molar-refractivity contribution in [3.8, 4) is 22.8 Å². The first-order valence-corrected chi connectivity index (χ1v) is 10.4. The number of amides is 1. The van der Waals surface area contributed by atoms with Gasteiger partial charge in [0.05, 0.1) is 29.2 Å². The molecule has 0 bridgehead atoms. The topological polar surface area (TPSA) is 105 Å². The normalized spacial score (nSPS) is 13.2. The highest BCUT2D eigenvalue weighted by molar-refractivity contribution is 6.32. The second-order valence-corrected chi connectivity index (χ2v) is 8.07. The van der Waals surface area contributed by atoms with E-state index in [0.717, 1.165) is 22.9 Å². The molecule has 8 nitrogen and oxygen atoms in total. The Morgan fingerprint density at radius 2 is 1.97 bits per heavy atom. The van der Waals surface area contributed by atoms with Gasteiger partial charge in [-0.25, -0.2) is 4.98 Å². The van der Waals surface area contributed by atoms with Gasteiger partial charge in [0.2, 0.25) is 0 Å². The number of aromatic nitrogens is 3. The summed E-state index contributed by atoms with van der Waals surface area (Å²) in [6.45, 7) is 1.49. The van der Waals surface area contributed by atoms with E-state index in [1.807, 2.05) is 35.0 Å². The summed E-state index contributed by atoms with van der Waals surface area (Å²) >= 11 is 6.01. The fourth-order valence-corrected chi connectivity index (χ4v) is 4.02. The number of benzene rings is 2. The highest BCUT2D eigenvalue weighted by atomic mass is 35.5. The van der Waals surface area contributed by atoms with Crippen LogP contribution in [0.3, 0.4) is 0 Å². The van der Waals surface area contributed by atoms with E-state index >= 15 is 0 Å². The van der Waals surface area contributed by atoms with E-state index in [-0.39, 0.29) is 22.4 Å². The molecule has 2 aromatic heterocycles. The maximum absolute atomic E-state index is 13.1. The van der Waals surface area contributed by atoms with Gasteiger partial charge in [-0.05, 0) is 23.8 Å². The third-order valence-corrected chi connectivity index (χ3v) is 5.86. The van der Waals surface area contributed by atoms with Crippen LogP contribution >= 0.6 is 11.6 Å². The van der Waals surface area contributed by atoms with Crippen LogP contribution in [0, 0.1) is 0 Å². The zero-order valence-corrected chi connectivity index (χ0v) is 17.7. The smallest absolute Gasteiger partial charge is 0.254 e. The van der Waals surface area contributed by atoms with Crippen molar-refractivity contribution >= 4 is 17.5 Å². The molecule has 0 atom stereocenters. The maximum Gasteiger partial charge on any atom is 0.254 e. The SMILES string of the molecule is O=C(c1ccc(Cn2ccnc2)cc1)N1CCc2noc(-c3cc(Cl)c(O)cc3O)c2C1. The zero-order valence-electron chi connectivity index (χ0n) is 16.9. The second kappa shape index (κ2) is 8.05. The largest absolute Gasteiger partial charge is 0.507 e. The average Bonchev–Trinajstić information content (AvgIpc) is 3.46. The van der Waals surface area contributed by atoms with Gasteiger partial charge >= 0.3 is 0 Å². The molecule has 0 saturated carbocycles. The van der Waals surface area contributed by atoms with E-state index in [4.69, 9.17) is 16.1 Å². The number of nitrogens with zero attached hydrogens (tertiary/aromatic N) is 4. The molecule has 1 aliphatic heterocycles. The number of aromatic hydroxyl groups is 2. The Bertz CT molecular complexity index is 1280. The molecular formula is C23H19ClN4O4. The Morgan fingerprint density at radius 3 is 2.72 bits per heavy atom. The Labute approximate surface area is 188 Å². The molecule has 0 spiro atoms. The lowest BCUT2D eigenvalue weighted by Crippen LogP contribution is -2.35. The predicted molar refractivity (Wildman–Crippen MR) is 116 cm³/mol. The molecule has 0 aliphatic carbocycles. The van der Waals surface area contributed by atoms with Gasteiger partial charge in [0.1, 0.15) is 11.5 Å². The lowest BCUT2D eigenvalue weighted by molar-refractivity contribution is 0.0734. The summed E-state index contributed by atoms with van der Waals surface area (Å²) in [7, 11) is 0. The van der Waals surface area contributed by atoms with Crippen LogP contribution in [0.4, 0.5) is 0 Å². The molecule has 9 heteroatoms. The number of hydrogen-bond acceptors (Lipinski definition) is 6. The lowest BCUT2D eigenvalue weighted by Gasteiger charge is -2.26. The summed E-state index contributed by atoms with van der Waals surface area (Å²) in [4.78, 5) is 18.9. The molecule has 3 heterocycles. The Kier molecular flexibility index (Phi) is 5.07. The van der Waals surface area contributed by atoms with Crippen molar-refractivity contribution in [1.29, 1.82) is 0 Å². The summed E-state index contributed by atoms with van der Waals surface area (Å²) < 4.78 is 7.44. The van der Waals surface area contributed by atoms with E-state index in [2.05, 4.69) is 10.1 Å². The van der Waals surface area contributed by atoms with Gasteiger partial charge in [0.15, 0.2) is 5.76 Å². The highest BCUT2D eigenvalue weighted by Crippen LogP contribution is 2.40. The van der Waals surface area contributed by atoms with Crippen LogP contribution < -0.4 is 0 Å². The third-order valence-electron chi connectivity index (χ3n) is 5.56. The molecule has 1 aliphatic rings. The number of hydrogen-bond donors (Lipinski definition) is 2. The van der Waals surface area contributed by atoms with Crippen molar-refractivity contribution in [2.24, 2.45) is 0 Å². The quantitative estimate of drug-likeness (QED) is 0.489. The van der Waals surface area contributed by atoms with E-state index in [1.54, 1.807) is 17.4 Å². The highest BCUT2D eigenvalue weighted by Gasteiger charge is 2.29. The number of carbonyl (C=O) groups excluding carboxylic acids is 1. The number of phenolic OH excluding ortho intramolecular Hbond substituents is 2. The summed E-state index contributed by atoms with van der Waals surface area (Å²) in [5.74, 6) is -0.158. The summed E-state index contributed by atoms with van der Waals surface area (Å²) in [5, 5.41) is 24.2. The molecule has 4 aromatic rings. The van der Waals surface area contributed by atoms with E-state index in [0.29, 0.717) is 42.9 Å². The van der Waals surface area contributed by atoms with Crippen molar-refractivity contribution in [2.75, 3.05) is 6.54 Å². The number of rotatable bonds is 4. The van der Waals surface area contributed by atoms with Crippen LogP contribution in [0.5, 0.6) is 11.5 Å². The molecule has 2 N–H and O–H groups in total. The number of carbonyl (C=O) groups is 1. The van der Waals surface area contributed by atoms with Crippen LogP contribution in [0.25, 0.3) is 11.3 Å². The van der Waals surface area contributed by atoms with Gasteiger partial charge in [-0.15, -0.1) is 0 Å². The molecule has 0 unspecified atom stereocenters. The summed E-state index contributed by atoms with van der Waals surface area (Å²) in [6, 6.07) is 10.1. The van der Waals surface area contributed by atoms with E-state index in [1.165, 1.54) is 6.07 Å². The number of phenols is 2. The first-order chi connectivity index (χ1) is 15.5. The fraction of sp³-hybridized carbons (Fsp3) is 0.174. The molecule has 2 aromatic carbocycles. The van der Waals surface area contributed by atoms with Gasteiger partial charge in [-0.3, -0.25) is 4.79 Å². The minimum atomic E-state index is -0.227. The fourth-order valence-electron chi connectivity index (χ4n) is 3.86. The van der Waals surface area contributed by atoms with Crippen molar-refractivity contribution < 1.29 is 19.5 Å². The van der Waals surface area contributed by atoms with Crippen LogP contribution in [-0.2, 0) is 19.5 Å². The first kappa shape index (κ1) is 20.1. The van der Waals surface area contributed by atoms with E-state index in [9.17, 15) is 15.0 Å². The van der Waals surface area contributed by atoms with Crippen molar-refractivity contribution in [2.45, 2.75) is 19.5 Å². The van der Waals surface area contributed by atoms with Crippen LogP contribution in [0.1, 0.15) is 27.2 Å². The van der Waals surface area contributed by atoms with Crippen LogP contribution in [0.2, 0.25) is 5.02 Å². The number of fused-ring (bicyclic) bond motifs is 1. The molecule has 1 amide bonds. The Balaban J connectivity index is 1.37. The first-order valence-electron chi connectivity index (χ1n) is 10.0. The third kappa shape index (κ3) is 3.69. The van der Waals surface area contributed by atoms with Crippen molar-refractivity contribution in [1.82, 2.24) is 19.6 Å². The minimum Gasteiger partial charge on any atom is -0.507 e. The standard InChI is InChI=1S/C23H19ClN4O4/c24-18-9-16(20(29)10-21(18)30)22-17-12-28(7-5-19(17)26-32-22)23(31)15-3-1-14(2-4-15)11-27-8-6-25-13-27/h1-4,6,8-10,13,29-30H,5,7,11-12H2. The Morgan fingerprint density at radius 1 is 1.16 bits per heavy atom. The van der Waals surface area contributed by atoms with Crippen LogP contribution in [0.15, 0.2) is 59.6 Å². The minimum absolute atomic E-state index is 0.0856. The zero-order chi connectivity index (χ0) is 22.2. The molecular weight excluding hydrogens is 432 g/mol.